The number of esters is 1. The highest BCUT2D eigenvalue weighted by Crippen LogP contribution is 2.22. The molecule has 3 aromatic rings. The van der Waals surface area contributed by atoms with E-state index in [9.17, 15) is 19.6 Å². The maximum atomic E-state index is 12.4. The van der Waals surface area contributed by atoms with Gasteiger partial charge in [-0.2, -0.15) is 5.26 Å². The molecular weight excluding hydrogens is 424 g/mol. The van der Waals surface area contributed by atoms with Crippen LogP contribution in [-0.2, 0) is 9.53 Å². The summed E-state index contributed by atoms with van der Waals surface area (Å²) in [6.45, 7) is 0.992. The van der Waals surface area contributed by atoms with Gasteiger partial charge in [0, 0.05) is 24.6 Å². The van der Waals surface area contributed by atoms with Crippen LogP contribution in [0.25, 0.3) is 17.0 Å². The first kappa shape index (κ1) is 22.0. The fourth-order valence-electron chi connectivity index (χ4n) is 3.44. The molecule has 1 saturated heterocycles. The molecule has 2 heterocycles. The Kier molecular flexibility index (Phi) is 6.62. The summed E-state index contributed by atoms with van der Waals surface area (Å²) in [4.78, 5) is 37.2. The molecular formula is C25H20N2O6. The lowest BCUT2D eigenvalue weighted by Crippen LogP contribution is -2.34. The van der Waals surface area contributed by atoms with Crippen LogP contribution in [-0.4, -0.2) is 31.1 Å². The Morgan fingerprint density at radius 1 is 1.18 bits per heavy atom. The van der Waals surface area contributed by atoms with Crippen LogP contribution in [0.4, 0.5) is 0 Å². The Hall–Kier alpha value is -4.22. The van der Waals surface area contributed by atoms with Crippen LogP contribution < -0.4 is 15.7 Å². The highest BCUT2D eigenvalue weighted by molar-refractivity contribution is 5.99. The molecule has 1 unspecified atom stereocenters. The summed E-state index contributed by atoms with van der Waals surface area (Å²) in [7, 11) is 0. The quantitative estimate of drug-likeness (QED) is 0.204. The number of benzene rings is 2. The van der Waals surface area contributed by atoms with Gasteiger partial charge in [0.25, 0.3) is 5.91 Å². The SMILES string of the molecule is N#C/C(=C\c1ccccc1)C(=O)Oc1ccc2cc(C(=O)NCC3CCCO3)c(=O)oc2c1. The molecule has 0 saturated carbocycles. The number of hydrogen-bond donors (Lipinski definition) is 1. The van der Waals surface area contributed by atoms with E-state index < -0.39 is 17.5 Å². The van der Waals surface area contributed by atoms with Crippen LogP contribution in [0.15, 0.2) is 69.4 Å². The minimum Gasteiger partial charge on any atom is -0.422 e. The number of nitrogens with one attached hydrogen (secondary N) is 1. The van der Waals surface area contributed by atoms with Gasteiger partial charge in [-0.15, -0.1) is 0 Å². The van der Waals surface area contributed by atoms with Gasteiger partial charge in [0.1, 0.15) is 28.5 Å². The first-order valence-corrected chi connectivity index (χ1v) is 10.4. The zero-order valence-corrected chi connectivity index (χ0v) is 17.6. The molecule has 33 heavy (non-hydrogen) atoms. The third kappa shape index (κ3) is 5.34. The van der Waals surface area contributed by atoms with Gasteiger partial charge >= 0.3 is 11.6 Å². The van der Waals surface area contributed by atoms with Crippen molar-refractivity contribution in [1.29, 1.82) is 5.26 Å². The summed E-state index contributed by atoms with van der Waals surface area (Å²) < 4.78 is 16.0. The van der Waals surface area contributed by atoms with Crippen molar-refractivity contribution in [1.82, 2.24) is 5.32 Å². The topological polar surface area (TPSA) is 119 Å². The van der Waals surface area contributed by atoms with Gasteiger partial charge in [-0.05, 0) is 42.7 Å². The maximum Gasteiger partial charge on any atom is 0.354 e. The second kappa shape index (κ2) is 9.94. The third-order valence-electron chi connectivity index (χ3n) is 5.13. The number of carbonyl (C=O) groups excluding carboxylic acids is 2. The van der Waals surface area contributed by atoms with Crippen molar-refractivity contribution in [3.63, 3.8) is 0 Å². The molecule has 1 atom stereocenters. The Balaban J connectivity index is 1.50. The summed E-state index contributed by atoms with van der Waals surface area (Å²) in [5.74, 6) is -1.28. The summed E-state index contributed by atoms with van der Waals surface area (Å²) in [5.41, 5.74) is -0.284. The molecule has 0 radical (unpaired) electrons. The standard InChI is InChI=1S/C25H20N2O6/c26-14-18(11-16-5-2-1-3-6-16)24(29)32-19-9-8-17-12-21(25(30)33-22(17)13-19)23(28)27-15-20-7-4-10-31-20/h1-3,5-6,8-9,11-13,20H,4,7,10,15H2,(H,27,28)/b18-11+. The number of hydrogen-bond acceptors (Lipinski definition) is 7. The molecule has 0 bridgehead atoms. The fraction of sp³-hybridized carbons (Fsp3) is 0.200. The van der Waals surface area contributed by atoms with Crippen molar-refractivity contribution in [3.8, 4) is 11.8 Å². The average molecular weight is 444 g/mol. The highest BCUT2D eigenvalue weighted by Gasteiger charge is 2.19. The monoisotopic (exact) mass is 444 g/mol. The second-order valence-corrected chi connectivity index (χ2v) is 7.46. The normalized spacial score (nSPS) is 15.7. The number of rotatable bonds is 6. The molecule has 1 aromatic heterocycles. The van der Waals surface area contributed by atoms with Crippen molar-refractivity contribution in [2.75, 3.05) is 13.2 Å². The Morgan fingerprint density at radius 2 is 2.00 bits per heavy atom. The zero-order valence-electron chi connectivity index (χ0n) is 17.6. The summed E-state index contributed by atoms with van der Waals surface area (Å²) >= 11 is 0. The zero-order chi connectivity index (χ0) is 23.2. The lowest BCUT2D eigenvalue weighted by atomic mass is 10.1. The molecule has 4 rings (SSSR count). The Morgan fingerprint density at radius 3 is 2.73 bits per heavy atom. The van der Waals surface area contributed by atoms with Crippen LogP contribution in [0, 0.1) is 11.3 Å². The van der Waals surface area contributed by atoms with E-state index in [-0.39, 0.29) is 28.6 Å². The van der Waals surface area contributed by atoms with E-state index >= 15 is 0 Å². The van der Waals surface area contributed by atoms with Gasteiger partial charge in [0.05, 0.1) is 6.10 Å². The van der Waals surface area contributed by atoms with E-state index in [0.717, 1.165) is 12.8 Å². The van der Waals surface area contributed by atoms with Crippen LogP contribution in [0.2, 0.25) is 0 Å². The van der Waals surface area contributed by atoms with Crippen LogP contribution in [0.1, 0.15) is 28.8 Å². The fourth-order valence-corrected chi connectivity index (χ4v) is 3.44. The highest BCUT2D eigenvalue weighted by atomic mass is 16.5. The van der Waals surface area contributed by atoms with Gasteiger partial charge in [-0.25, -0.2) is 9.59 Å². The molecule has 8 nitrogen and oxygen atoms in total. The van der Waals surface area contributed by atoms with Crippen molar-refractivity contribution in [3.05, 3.63) is 81.7 Å². The number of nitrogens with zero attached hydrogens (tertiary/aromatic N) is 1. The number of carbonyl (C=O) groups is 2. The van der Waals surface area contributed by atoms with Crippen molar-refractivity contribution < 1.29 is 23.5 Å². The smallest absolute Gasteiger partial charge is 0.354 e. The number of fused-ring (bicyclic) bond motifs is 1. The number of nitriles is 1. The Labute approximate surface area is 189 Å². The van der Waals surface area contributed by atoms with Gasteiger partial charge in [-0.3, -0.25) is 4.79 Å². The summed E-state index contributed by atoms with van der Waals surface area (Å²) in [6, 6.07) is 16.6. The predicted molar refractivity (Wildman–Crippen MR) is 119 cm³/mol. The van der Waals surface area contributed by atoms with E-state index in [1.165, 1.54) is 24.3 Å². The first-order valence-electron chi connectivity index (χ1n) is 10.4. The van der Waals surface area contributed by atoms with E-state index in [2.05, 4.69) is 5.32 Å². The van der Waals surface area contributed by atoms with E-state index in [1.54, 1.807) is 30.3 Å². The molecule has 1 fully saturated rings. The van der Waals surface area contributed by atoms with Crippen molar-refractivity contribution in [2.45, 2.75) is 18.9 Å². The largest absolute Gasteiger partial charge is 0.422 e. The van der Waals surface area contributed by atoms with Gasteiger partial charge < -0.3 is 19.2 Å². The van der Waals surface area contributed by atoms with Crippen LogP contribution >= 0.6 is 0 Å². The van der Waals surface area contributed by atoms with Crippen molar-refractivity contribution >= 4 is 28.9 Å². The van der Waals surface area contributed by atoms with E-state index in [1.807, 2.05) is 12.1 Å². The maximum absolute atomic E-state index is 12.4. The van der Waals surface area contributed by atoms with Crippen molar-refractivity contribution in [2.24, 2.45) is 0 Å². The molecule has 2 aromatic carbocycles. The predicted octanol–water partition coefficient (Wildman–Crippen LogP) is 3.21. The van der Waals surface area contributed by atoms with Crippen LogP contribution in [0.5, 0.6) is 5.75 Å². The van der Waals surface area contributed by atoms with E-state index in [4.69, 9.17) is 13.9 Å². The summed E-state index contributed by atoms with van der Waals surface area (Å²) in [6.07, 6.45) is 3.18. The molecule has 0 aliphatic carbocycles. The van der Waals surface area contributed by atoms with Gasteiger partial charge in [0.2, 0.25) is 0 Å². The summed E-state index contributed by atoms with van der Waals surface area (Å²) in [5, 5.41) is 12.5. The molecule has 0 spiro atoms. The lowest BCUT2D eigenvalue weighted by molar-refractivity contribution is -0.129. The minimum absolute atomic E-state index is 0.0482. The van der Waals surface area contributed by atoms with E-state index in [0.29, 0.717) is 24.1 Å². The number of ether oxygens (including phenoxy) is 2. The molecule has 1 N–H and O–H groups in total. The molecule has 1 aliphatic heterocycles. The first-order chi connectivity index (χ1) is 16.0. The molecule has 1 aliphatic rings. The third-order valence-corrected chi connectivity index (χ3v) is 5.13. The molecule has 166 valence electrons. The van der Waals surface area contributed by atoms with Gasteiger partial charge in [-0.1, -0.05) is 30.3 Å². The molecule has 1 amide bonds. The second-order valence-electron chi connectivity index (χ2n) is 7.46. The minimum atomic E-state index is -0.840. The Bertz CT molecular complexity index is 1310. The number of amides is 1. The van der Waals surface area contributed by atoms with Gasteiger partial charge in [0.15, 0.2) is 0 Å². The molecule has 8 heteroatoms. The van der Waals surface area contributed by atoms with Crippen LogP contribution in [0.3, 0.4) is 0 Å². The average Bonchev–Trinajstić information content (AvgIpc) is 3.35. The lowest BCUT2D eigenvalue weighted by Gasteiger charge is -2.10.